The van der Waals surface area contributed by atoms with Crippen molar-refractivity contribution in [3.05, 3.63) is 12.2 Å². The van der Waals surface area contributed by atoms with E-state index in [1.807, 2.05) is 0 Å². The van der Waals surface area contributed by atoms with Crippen LogP contribution in [0.15, 0.2) is 12.2 Å². The average Bonchev–Trinajstić information content (AvgIpc) is 2.19. The molecule has 1 rings (SSSR count). The highest BCUT2D eigenvalue weighted by atomic mass is 16.7. The van der Waals surface area contributed by atoms with Crippen molar-refractivity contribution in [1.82, 2.24) is 10.2 Å². The van der Waals surface area contributed by atoms with Crippen LogP contribution in [0.25, 0.3) is 0 Å². The number of likely N-dealkylation sites (N-methyl/N-ethyl adjacent to an activating group) is 1. The van der Waals surface area contributed by atoms with E-state index in [0.717, 1.165) is 10.2 Å². The normalized spacial score (nSPS) is 22.1. The Morgan fingerprint density at radius 1 is 1.73 bits per heavy atom. The summed E-state index contributed by atoms with van der Waals surface area (Å²) in [5.41, 5.74) is 5.12. The van der Waals surface area contributed by atoms with Crippen LogP contribution < -0.4 is 5.73 Å². The largest absolute Gasteiger partial charge is 0.394 e. The molecule has 7 heteroatoms. The number of primary amides is 1. The van der Waals surface area contributed by atoms with Gasteiger partial charge in [0.1, 0.15) is 0 Å². The maximum atomic E-state index is 11.2. The van der Waals surface area contributed by atoms with E-state index in [0.29, 0.717) is 0 Å². The van der Waals surface area contributed by atoms with Crippen LogP contribution in [0.5, 0.6) is 0 Å². The van der Waals surface area contributed by atoms with Crippen LogP contribution in [0.1, 0.15) is 0 Å². The predicted molar refractivity (Wildman–Crippen MR) is 49.8 cm³/mol. The lowest BCUT2D eigenvalue weighted by atomic mass is 10.2. The number of amides is 2. The van der Waals surface area contributed by atoms with Crippen LogP contribution in [0.2, 0.25) is 0 Å². The minimum atomic E-state index is -0.834. The number of nitrogens with two attached hydrogens (primary N) is 1. The fourth-order valence-electron chi connectivity index (χ4n) is 1.14. The first kappa shape index (κ1) is 11.6. The molecule has 0 fully saturated rings. The minimum Gasteiger partial charge on any atom is -0.394 e. The van der Waals surface area contributed by atoms with Crippen molar-refractivity contribution in [2.45, 2.75) is 6.04 Å². The summed E-state index contributed by atoms with van der Waals surface area (Å²) < 4.78 is 0. The highest BCUT2D eigenvalue weighted by Gasteiger charge is 2.31. The third kappa shape index (κ3) is 2.52. The molecule has 7 nitrogen and oxygen atoms in total. The molecule has 1 heterocycles. The van der Waals surface area contributed by atoms with Gasteiger partial charge in [0.15, 0.2) is 6.04 Å². The van der Waals surface area contributed by atoms with E-state index in [1.165, 1.54) is 19.2 Å². The smallest absolute Gasteiger partial charge is 0.262 e. The maximum absolute atomic E-state index is 11.2. The molecule has 0 aromatic carbocycles. The molecule has 15 heavy (non-hydrogen) atoms. The second-order valence-corrected chi connectivity index (χ2v) is 2.93. The summed E-state index contributed by atoms with van der Waals surface area (Å²) in [6, 6.07) is -0.834. The lowest BCUT2D eigenvalue weighted by Gasteiger charge is -2.35. The van der Waals surface area contributed by atoms with Crippen LogP contribution in [-0.2, 0) is 14.4 Å². The summed E-state index contributed by atoms with van der Waals surface area (Å²) in [4.78, 5) is 27.3. The Bertz CT molecular complexity index is 292. The number of hydrogen-bond acceptors (Lipinski definition) is 5. The molecule has 0 aliphatic carbocycles. The van der Waals surface area contributed by atoms with Gasteiger partial charge in [-0.3, -0.25) is 19.4 Å². The number of rotatable bonds is 4. The third-order valence-corrected chi connectivity index (χ3v) is 1.88. The first-order valence-electron chi connectivity index (χ1n) is 4.36. The molecule has 1 unspecified atom stereocenters. The minimum absolute atomic E-state index is 0.0186. The Labute approximate surface area is 86.6 Å². The highest BCUT2D eigenvalue weighted by molar-refractivity contribution is 5.91. The summed E-state index contributed by atoms with van der Waals surface area (Å²) in [6.07, 6.45) is 2.59. The highest BCUT2D eigenvalue weighted by Crippen LogP contribution is 2.11. The van der Waals surface area contributed by atoms with Crippen LogP contribution in [0, 0.1) is 0 Å². The van der Waals surface area contributed by atoms with Gasteiger partial charge in [-0.25, -0.2) is 0 Å². The van der Waals surface area contributed by atoms with Crippen LogP contribution in [-0.4, -0.2) is 53.4 Å². The topological polar surface area (TPSA) is 96.1 Å². The molecule has 1 aliphatic rings. The maximum Gasteiger partial charge on any atom is 0.262 e. The van der Waals surface area contributed by atoms with Crippen LogP contribution >= 0.6 is 0 Å². The van der Waals surface area contributed by atoms with Crippen molar-refractivity contribution >= 4 is 11.8 Å². The molecule has 0 saturated heterocycles. The summed E-state index contributed by atoms with van der Waals surface area (Å²) in [6.45, 7) is -0.233. The Hall–Kier alpha value is -1.44. The van der Waals surface area contributed by atoms with Crippen LogP contribution in [0.3, 0.4) is 0 Å². The molecule has 0 radical (unpaired) electrons. The monoisotopic (exact) mass is 215 g/mol. The summed E-state index contributed by atoms with van der Waals surface area (Å²) >= 11 is 0. The van der Waals surface area contributed by atoms with Gasteiger partial charge in [-0.15, -0.1) is 0 Å². The van der Waals surface area contributed by atoms with E-state index in [1.54, 1.807) is 0 Å². The SMILES string of the molecule is CN1C(=O)C=CC(C(N)=O)N1OCCO. The fraction of sp³-hybridized carbons (Fsp3) is 0.500. The molecule has 0 saturated carbocycles. The number of hydrazine groups is 1. The Balaban J connectivity index is 2.80. The van der Waals surface area contributed by atoms with Gasteiger partial charge in [-0.1, -0.05) is 5.17 Å². The van der Waals surface area contributed by atoms with E-state index >= 15 is 0 Å². The van der Waals surface area contributed by atoms with Gasteiger partial charge in [0.2, 0.25) is 5.91 Å². The van der Waals surface area contributed by atoms with Crippen molar-refractivity contribution in [2.75, 3.05) is 20.3 Å². The Morgan fingerprint density at radius 3 is 2.93 bits per heavy atom. The molecular formula is C8H13N3O4. The number of carbonyl (C=O) groups excluding carboxylic acids is 2. The van der Waals surface area contributed by atoms with Crippen molar-refractivity contribution in [3.63, 3.8) is 0 Å². The number of carbonyl (C=O) groups is 2. The number of hydrogen-bond donors (Lipinski definition) is 2. The number of aliphatic hydroxyl groups is 1. The zero-order valence-corrected chi connectivity index (χ0v) is 8.29. The van der Waals surface area contributed by atoms with E-state index in [9.17, 15) is 9.59 Å². The number of nitrogens with zero attached hydrogens (tertiary/aromatic N) is 2. The van der Waals surface area contributed by atoms with E-state index in [-0.39, 0.29) is 19.1 Å². The van der Waals surface area contributed by atoms with Gasteiger partial charge in [0.05, 0.1) is 13.2 Å². The molecule has 84 valence electrons. The van der Waals surface area contributed by atoms with Crippen LogP contribution in [0.4, 0.5) is 0 Å². The molecule has 0 aromatic rings. The predicted octanol–water partition coefficient (Wildman–Crippen LogP) is -1.99. The van der Waals surface area contributed by atoms with E-state index in [2.05, 4.69) is 0 Å². The van der Waals surface area contributed by atoms with Gasteiger partial charge in [-0.2, -0.15) is 0 Å². The number of hydroxylamine groups is 1. The summed E-state index contributed by atoms with van der Waals surface area (Å²) in [7, 11) is 1.44. The second kappa shape index (κ2) is 4.87. The molecule has 0 aromatic heterocycles. The third-order valence-electron chi connectivity index (χ3n) is 1.88. The molecule has 1 aliphatic heterocycles. The summed E-state index contributed by atoms with van der Waals surface area (Å²) in [5.74, 6) is -0.964. The first-order valence-corrected chi connectivity index (χ1v) is 4.36. The zero-order valence-electron chi connectivity index (χ0n) is 8.29. The van der Waals surface area contributed by atoms with Crippen molar-refractivity contribution < 1.29 is 19.5 Å². The molecular weight excluding hydrogens is 202 g/mol. The van der Waals surface area contributed by atoms with Gasteiger partial charge >= 0.3 is 0 Å². The molecule has 0 spiro atoms. The Morgan fingerprint density at radius 2 is 2.40 bits per heavy atom. The van der Waals surface area contributed by atoms with Gasteiger partial charge in [0.25, 0.3) is 5.91 Å². The lowest BCUT2D eigenvalue weighted by Crippen LogP contribution is -2.55. The average molecular weight is 215 g/mol. The fourth-order valence-corrected chi connectivity index (χ4v) is 1.14. The van der Waals surface area contributed by atoms with Crippen molar-refractivity contribution in [2.24, 2.45) is 5.73 Å². The van der Waals surface area contributed by atoms with Gasteiger partial charge < -0.3 is 10.8 Å². The molecule has 3 N–H and O–H groups in total. The van der Waals surface area contributed by atoms with Crippen molar-refractivity contribution in [1.29, 1.82) is 0 Å². The van der Waals surface area contributed by atoms with E-state index in [4.69, 9.17) is 15.7 Å². The molecule has 2 amide bonds. The zero-order chi connectivity index (χ0) is 11.4. The second-order valence-electron chi connectivity index (χ2n) is 2.93. The quantitative estimate of drug-likeness (QED) is 0.566. The number of aliphatic hydroxyl groups excluding tert-OH is 1. The van der Waals surface area contributed by atoms with Gasteiger partial charge in [0, 0.05) is 13.1 Å². The van der Waals surface area contributed by atoms with Crippen molar-refractivity contribution in [3.8, 4) is 0 Å². The van der Waals surface area contributed by atoms with E-state index < -0.39 is 11.9 Å². The van der Waals surface area contributed by atoms with Gasteiger partial charge in [-0.05, 0) is 6.08 Å². The molecule has 0 bridgehead atoms. The Kier molecular flexibility index (Phi) is 3.78. The standard InChI is InChI=1S/C8H13N3O4/c1-10-7(13)3-2-6(8(9)14)11(10)15-5-4-12/h2-3,6,12H,4-5H2,1H3,(H2,9,14). The summed E-state index contributed by atoms with van der Waals surface area (Å²) in [5, 5.41) is 10.7. The first-order chi connectivity index (χ1) is 7.07. The molecule has 1 atom stereocenters. The lowest BCUT2D eigenvalue weighted by molar-refractivity contribution is -0.280.